The van der Waals surface area contributed by atoms with Crippen LogP contribution in [0.1, 0.15) is 43.3 Å². The van der Waals surface area contributed by atoms with E-state index in [1.54, 1.807) is 11.6 Å². The van der Waals surface area contributed by atoms with Gasteiger partial charge >= 0.3 is 0 Å². The molecule has 2 aliphatic rings. The molecule has 0 saturated heterocycles. The molecule has 0 N–H and O–H groups in total. The van der Waals surface area contributed by atoms with Gasteiger partial charge in [0.05, 0.1) is 5.69 Å². The van der Waals surface area contributed by atoms with Crippen LogP contribution in [0.15, 0.2) is 4.79 Å². The lowest BCUT2D eigenvalue weighted by molar-refractivity contribution is -0.132. The Bertz CT molecular complexity index is 650. The lowest BCUT2D eigenvalue weighted by atomic mass is 10.1. The maximum Gasteiger partial charge on any atom is 0.256 e. The summed E-state index contributed by atoms with van der Waals surface area (Å²) in [5.41, 5.74) is 1.73. The smallest absolute Gasteiger partial charge is 0.256 e. The van der Waals surface area contributed by atoms with Gasteiger partial charge in [-0.25, -0.2) is 4.98 Å². The molecule has 5 heteroatoms. The van der Waals surface area contributed by atoms with Crippen LogP contribution >= 0.6 is 0 Å². The summed E-state index contributed by atoms with van der Waals surface area (Å²) < 4.78 is 1.61. The number of carbonyl (C=O) groups excluding carboxylic acids is 1. The van der Waals surface area contributed by atoms with Gasteiger partial charge in [-0.05, 0) is 32.1 Å². The van der Waals surface area contributed by atoms with Crippen LogP contribution < -0.4 is 5.56 Å². The fourth-order valence-electron chi connectivity index (χ4n) is 3.56. The molecule has 120 valence electrons. The van der Waals surface area contributed by atoms with Crippen LogP contribution in [-0.2, 0) is 24.7 Å². The summed E-state index contributed by atoms with van der Waals surface area (Å²) in [5.74, 6) is 1.86. The number of nitrogens with zero attached hydrogens (tertiary/aromatic N) is 3. The second-order valence-corrected chi connectivity index (χ2v) is 6.66. The van der Waals surface area contributed by atoms with Gasteiger partial charge in [0, 0.05) is 38.0 Å². The molecule has 1 aromatic heterocycles. The van der Waals surface area contributed by atoms with Gasteiger partial charge in [0.15, 0.2) is 0 Å². The van der Waals surface area contributed by atoms with Crippen molar-refractivity contribution in [3.05, 3.63) is 27.4 Å². The first kappa shape index (κ1) is 15.3. The van der Waals surface area contributed by atoms with Crippen LogP contribution in [-0.4, -0.2) is 33.4 Å². The quantitative estimate of drug-likeness (QED) is 0.849. The lowest BCUT2D eigenvalue weighted by Crippen LogP contribution is -2.35. The van der Waals surface area contributed by atoms with E-state index >= 15 is 0 Å². The van der Waals surface area contributed by atoms with Crippen molar-refractivity contribution < 1.29 is 4.79 Å². The van der Waals surface area contributed by atoms with E-state index in [-0.39, 0.29) is 11.5 Å². The number of rotatable bonds is 3. The van der Waals surface area contributed by atoms with E-state index in [0.29, 0.717) is 37.8 Å². The minimum Gasteiger partial charge on any atom is -0.342 e. The molecule has 1 aliphatic carbocycles. The first-order valence-corrected chi connectivity index (χ1v) is 8.37. The van der Waals surface area contributed by atoms with Crippen molar-refractivity contribution in [2.24, 2.45) is 18.9 Å². The zero-order valence-corrected chi connectivity index (χ0v) is 13.8. The SMILES string of the molecule is CCC[C@H]1C[C@H]1C(=O)N1CCc2nc(C)n(C)c(=O)c2CC1. The molecular formula is C17H25N3O2. The van der Waals surface area contributed by atoms with E-state index in [1.807, 2.05) is 11.8 Å². The summed E-state index contributed by atoms with van der Waals surface area (Å²) in [6.07, 6.45) is 4.69. The minimum atomic E-state index is 0.0482. The van der Waals surface area contributed by atoms with Crippen molar-refractivity contribution in [2.75, 3.05) is 13.1 Å². The minimum absolute atomic E-state index is 0.0482. The number of hydrogen-bond acceptors (Lipinski definition) is 3. The second kappa shape index (κ2) is 5.86. The first-order chi connectivity index (χ1) is 10.5. The Labute approximate surface area is 131 Å². The van der Waals surface area contributed by atoms with Crippen LogP contribution in [0, 0.1) is 18.8 Å². The fraction of sp³-hybridized carbons (Fsp3) is 0.706. The van der Waals surface area contributed by atoms with Crippen LogP contribution in [0.4, 0.5) is 0 Å². The number of hydrogen-bond donors (Lipinski definition) is 0. The molecule has 1 aromatic rings. The van der Waals surface area contributed by atoms with Gasteiger partial charge in [0.25, 0.3) is 5.56 Å². The third-order valence-corrected chi connectivity index (χ3v) is 5.15. The molecule has 1 saturated carbocycles. The largest absolute Gasteiger partial charge is 0.342 e. The number of fused-ring (bicyclic) bond motifs is 1. The molecule has 5 nitrogen and oxygen atoms in total. The zero-order chi connectivity index (χ0) is 15.9. The van der Waals surface area contributed by atoms with Gasteiger partial charge in [-0.15, -0.1) is 0 Å². The van der Waals surface area contributed by atoms with Gasteiger partial charge in [0.2, 0.25) is 5.91 Å². The predicted molar refractivity (Wildman–Crippen MR) is 84.7 cm³/mol. The van der Waals surface area contributed by atoms with Crippen molar-refractivity contribution in [3.63, 3.8) is 0 Å². The third-order valence-electron chi connectivity index (χ3n) is 5.15. The Hall–Kier alpha value is -1.65. The average molecular weight is 303 g/mol. The van der Waals surface area contributed by atoms with Crippen molar-refractivity contribution in [1.29, 1.82) is 0 Å². The highest BCUT2D eigenvalue weighted by molar-refractivity contribution is 5.81. The fourth-order valence-corrected chi connectivity index (χ4v) is 3.56. The molecule has 0 bridgehead atoms. The maximum atomic E-state index is 12.6. The summed E-state index contributed by atoms with van der Waals surface area (Å²) >= 11 is 0. The lowest BCUT2D eigenvalue weighted by Gasteiger charge is -2.20. The van der Waals surface area contributed by atoms with E-state index in [2.05, 4.69) is 11.9 Å². The van der Waals surface area contributed by atoms with E-state index in [9.17, 15) is 9.59 Å². The highest BCUT2D eigenvalue weighted by Gasteiger charge is 2.44. The number of carbonyl (C=O) groups is 1. The molecule has 0 spiro atoms. The highest BCUT2D eigenvalue weighted by atomic mass is 16.2. The average Bonchev–Trinajstić information content (AvgIpc) is 3.28. The third kappa shape index (κ3) is 2.69. The molecule has 0 radical (unpaired) electrons. The van der Waals surface area contributed by atoms with Gasteiger partial charge in [-0.2, -0.15) is 0 Å². The van der Waals surface area contributed by atoms with Crippen LogP contribution in [0.5, 0.6) is 0 Å². The molecule has 0 unspecified atom stereocenters. The second-order valence-electron chi connectivity index (χ2n) is 6.66. The molecule has 0 aromatic carbocycles. The Morgan fingerprint density at radius 1 is 1.32 bits per heavy atom. The van der Waals surface area contributed by atoms with E-state index in [4.69, 9.17) is 0 Å². The van der Waals surface area contributed by atoms with E-state index in [1.165, 1.54) is 0 Å². The molecule has 2 atom stereocenters. The monoisotopic (exact) mass is 303 g/mol. The van der Waals surface area contributed by atoms with Gasteiger partial charge in [-0.1, -0.05) is 13.3 Å². The van der Waals surface area contributed by atoms with E-state index < -0.39 is 0 Å². The number of amides is 1. The molecule has 3 rings (SSSR count). The van der Waals surface area contributed by atoms with Gasteiger partial charge < -0.3 is 4.90 Å². The molecule has 1 aliphatic heterocycles. The van der Waals surface area contributed by atoms with Gasteiger partial charge in [-0.3, -0.25) is 14.2 Å². The molecule has 22 heavy (non-hydrogen) atoms. The van der Waals surface area contributed by atoms with Gasteiger partial charge in [0.1, 0.15) is 5.82 Å². The number of aryl methyl sites for hydroxylation is 1. The summed E-state index contributed by atoms with van der Waals surface area (Å²) in [4.78, 5) is 31.5. The first-order valence-electron chi connectivity index (χ1n) is 8.37. The highest BCUT2D eigenvalue weighted by Crippen LogP contribution is 2.43. The maximum absolute atomic E-state index is 12.6. The van der Waals surface area contributed by atoms with E-state index in [0.717, 1.165) is 36.3 Å². The summed E-state index contributed by atoms with van der Waals surface area (Å²) in [7, 11) is 1.76. The van der Waals surface area contributed by atoms with Crippen LogP contribution in [0.25, 0.3) is 0 Å². The Kier molecular flexibility index (Phi) is 4.06. The van der Waals surface area contributed by atoms with Crippen LogP contribution in [0.3, 0.4) is 0 Å². The van der Waals surface area contributed by atoms with Crippen molar-refractivity contribution in [2.45, 2.75) is 46.0 Å². The molecule has 1 fully saturated rings. The van der Waals surface area contributed by atoms with Crippen molar-refractivity contribution in [3.8, 4) is 0 Å². The Morgan fingerprint density at radius 3 is 2.77 bits per heavy atom. The summed E-state index contributed by atoms with van der Waals surface area (Å²) in [5, 5.41) is 0. The topological polar surface area (TPSA) is 55.2 Å². The molecule has 1 amide bonds. The normalized spacial score (nSPS) is 23.9. The summed E-state index contributed by atoms with van der Waals surface area (Å²) in [6.45, 7) is 5.38. The number of aromatic nitrogens is 2. The molecule has 2 heterocycles. The standard InChI is InChI=1S/C17H25N3O2/c1-4-5-12-10-14(12)17(22)20-8-6-13-15(7-9-20)18-11(2)19(3)16(13)21/h12,14H,4-10H2,1-3H3/t12-,14+/m0/s1. The summed E-state index contributed by atoms with van der Waals surface area (Å²) in [6, 6.07) is 0. The Balaban J connectivity index is 1.73. The zero-order valence-electron chi connectivity index (χ0n) is 13.8. The van der Waals surface area contributed by atoms with Crippen molar-refractivity contribution >= 4 is 5.91 Å². The van der Waals surface area contributed by atoms with Crippen LogP contribution in [0.2, 0.25) is 0 Å². The predicted octanol–water partition coefficient (Wildman–Crippen LogP) is 1.45. The molecular weight excluding hydrogens is 278 g/mol. The Morgan fingerprint density at radius 2 is 2.05 bits per heavy atom. The van der Waals surface area contributed by atoms with Crippen molar-refractivity contribution in [1.82, 2.24) is 14.5 Å².